The summed E-state index contributed by atoms with van der Waals surface area (Å²) in [7, 11) is 0. The lowest BCUT2D eigenvalue weighted by Gasteiger charge is -2.26. The van der Waals surface area contributed by atoms with Crippen LogP contribution in [0.15, 0.2) is 67.0 Å². The van der Waals surface area contributed by atoms with Gasteiger partial charge in [0.2, 0.25) is 0 Å². The highest BCUT2D eigenvalue weighted by Crippen LogP contribution is 2.42. The number of imidazole rings is 1. The molecule has 1 aliphatic rings. The van der Waals surface area contributed by atoms with Crippen LogP contribution in [0.5, 0.6) is 11.5 Å². The molecule has 1 atom stereocenters. The van der Waals surface area contributed by atoms with Gasteiger partial charge in [0.1, 0.15) is 5.76 Å². The van der Waals surface area contributed by atoms with Gasteiger partial charge < -0.3 is 24.0 Å². The van der Waals surface area contributed by atoms with E-state index in [1.54, 1.807) is 36.8 Å². The Kier molecular flexibility index (Phi) is 7.99. The van der Waals surface area contributed by atoms with Gasteiger partial charge in [-0.05, 0) is 49.6 Å². The van der Waals surface area contributed by atoms with Gasteiger partial charge in [0, 0.05) is 43.4 Å². The first kappa shape index (κ1) is 25.0. The SMILES string of the molecule is CCCOc1ccc(C2C(=C(O)c3ccncc3)C(=O)C(=O)N2CCCn2ccnc2)cc1OCC. The van der Waals surface area contributed by atoms with Crippen LogP contribution in [0.2, 0.25) is 0 Å². The molecule has 36 heavy (non-hydrogen) atoms. The van der Waals surface area contributed by atoms with Crippen molar-refractivity contribution in [2.45, 2.75) is 39.3 Å². The number of pyridine rings is 1. The quantitative estimate of drug-likeness (QED) is 0.246. The number of ketones is 1. The van der Waals surface area contributed by atoms with Crippen molar-refractivity contribution in [3.05, 3.63) is 78.1 Å². The van der Waals surface area contributed by atoms with Crippen molar-refractivity contribution in [3.8, 4) is 11.5 Å². The molecule has 1 amide bonds. The summed E-state index contributed by atoms with van der Waals surface area (Å²) in [4.78, 5) is 36.0. The fourth-order valence-corrected chi connectivity index (χ4v) is 4.26. The average Bonchev–Trinajstić information content (AvgIpc) is 3.50. The first-order chi connectivity index (χ1) is 17.5. The second-order valence-corrected chi connectivity index (χ2v) is 8.37. The van der Waals surface area contributed by atoms with Crippen LogP contribution in [0.4, 0.5) is 0 Å². The van der Waals surface area contributed by atoms with Crippen molar-refractivity contribution >= 4 is 17.4 Å². The fourth-order valence-electron chi connectivity index (χ4n) is 4.26. The smallest absolute Gasteiger partial charge is 0.295 e. The highest BCUT2D eigenvalue weighted by atomic mass is 16.5. The highest BCUT2D eigenvalue weighted by molar-refractivity contribution is 6.46. The minimum atomic E-state index is -0.777. The molecule has 0 saturated carbocycles. The molecule has 0 aliphatic carbocycles. The predicted octanol–water partition coefficient (Wildman–Crippen LogP) is 3.98. The van der Waals surface area contributed by atoms with E-state index < -0.39 is 17.7 Å². The van der Waals surface area contributed by atoms with Crippen LogP contribution in [0.1, 0.15) is 43.9 Å². The van der Waals surface area contributed by atoms with Crippen molar-refractivity contribution in [2.75, 3.05) is 19.8 Å². The van der Waals surface area contributed by atoms with Gasteiger partial charge in [-0.3, -0.25) is 14.6 Å². The molecule has 1 aromatic carbocycles. The van der Waals surface area contributed by atoms with Gasteiger partial charge in [0.15, 0.2) is 11.5 Å². The average molecular weight is 491 g/mol. The number of aliphatic hydroxyl groups is 1. The van der Waals surface area contributed by atoms with Crippen LogP contribution >= 0.6 is 0 Å². The normalized spacial score (nSPS) is 16.9. The standard InChI is InChI=1S/C27H30N4O5/c1-3-16-36-21-7-6-20(17-22(21)35-4-2)24-23(25(32)19-8-10-28-11-9-19)26(33)27(34)31(24)14-5-13-30-15-12-29-18-30/h6-12,15,17-18,24,32H,3-5,13-14,16H2,1-2H3. The number of carbonyl (C=O) groups excluding carboxylic acids is 2. The second kappa shape index (κ2) is 11.5. The van der Waals surface area contributed by atoms with E-state index in [2.05, 4.69) is 9.97 Å². The lowest BCUT2D eigenvalue weighted by molar-refractivity contribution is -0.139. The molecular weight excluding hydrogens is 460 g/mol. The topological polar surface area (TPSA) is 107 Å². The first-order valence-electron chi connectivity index (χ1n) is 12.1. The number of ether oxygens (including phenoxy) is 2. The van der Waals surface area contributed by atoms with E-state index in [0.29, 0.717) is 55.4 Å². The number of Topliss-reactive ketones (excluding diaryl/α,β-unsaturated/α-hetero) is 1. The van der Waals surface area contributed by atoms with Gasteiger partial charge in [0.25, 0.3) is 11.7 Å². The third-order valence-electron chi connectivity index (χ3n) is 5.91. The summed E-state index contributed by atoms with van der Waals surface area (Å²) in [5.74, 6) is -0.487. The Balaban J connectivity index is 1.75. The number of hydrogen-bond acceptors (Lipinski definition) is 7. The molecule has 1 unspecified atom stereocenters. The molecule has 4 rings (SSSR count). The van der Waals surface area contributed by atoms with Crippen molar-refractivity contribution < 1.29 is 24.2 Å². The van der Waals surface area contributed by atoms with E-state index in [1.165, 1.54) is 17.3 Å². The lowest BCUT2D eigenvalue weighted by atomic mass is 9.95. The molecular formula is C27H30N4O5. The van der Waals surface area contributed by atoms with Crippen LogP contribution in [-0.2, 0) is 16.1 Å². The Morgan fingerprint density at radius 3 is 2.50 bits per heavy atom. The van der Waals surface area contributed by atoms with E-state index in [1.807, 2.05) is 30.7 Å². The molecule has 9 heteroatoms. The maximum Gasteiger partial charge on any atom is 0.295 e. The molecule has 2 aromatic heterocycles. The number of rotatable bonds is 11. The summed E-state index contributed by atoms with van der Waals surface area (Å²) in [6, 6.07) is 7.81. The number of hydrogen-bond donors (Lipinski definition) is 1. The number of likely N-dealkylation sites (tertiary alicyclic amines) is 1. The van der Waals surface area contributed by atoms with Crippen LogP contribution in [0.3, 0.4) is 0 Å². The van der Waals surface area contributed by atoms with E-state index in [9.17, 15) is 14.7 Å². The van der Waals surface area contributed by atoms with Crippen LogP contribution < -0.4 is 9.47 Å². The van der Waals surface area contributed by atoms with Gasteiger partial charge in [-0.25, -0.2) is 4.98 Å². The Morgan fingerprint density at radius 1 is 1.00 bits per heavy atom. The zero-order chi connectivity index (χ0) is 25.5. The maximum absolute atomic E-state index is 13.2. The van der Waals surface area contributed by atoms with Crippen molar-refractivity contribution in [2.24, 2.45) is 0 Å². The summed E-state index contributed by atoms with van der Waals surface area (Å²) in [5.41, 5.74) is 1.11. The summed E-state index contributed by atoms with van der Waals surface area (Å²) in [6.45, 7) is 5.81. The molecule has 9 nitrogen and oxygen atoms in total. The Labute approximate surface area is 210 Å². The number of carbonyl (C=O) groups is 2. The molecule has 0 radical (unpaired) electrons. The lowest BCUT2D eigenvalue weighted by Crippen LogP contribution is -2.31. The molecule has 3 aromatic rings. The van der Waals surface area contributed by atoms with Crippen LogP contribution in [0, 0.1) is 0 Å². The number of amides is 1. The summed E-state index contributed by atoms with van der Waals surface area (Å²) in [6.07, 6.45) is 9.74. The number of nitrogens with zero attached hydrogens (tertiary/aromatic N) is 4. The largest absolute Gasteiger partial charge is 0.507 e. The van der Waals surface area contributed by atoms with Crippen LogP contribution in [-0.4, -0.2) is 56.0 Å². The van der Waals surface area contributed by atoms with E-state index in [4.69, 9.17) is 9.47 Å². The summed E-state index contributed by atoms with van der Waals surface area (Å²) in [5, 5.41) is 11.2. The zero-order valence-corrected chi connectivity index (χ0v) is 20.5. The minimum absolute atomic E-state index is 0.0403. The van der Waals surface area contributed by atoms with Gasteiger partial charge in [-0.1, -0.05) is 13.0 Å². The fraction of sp³-hybridized carbons (Fsp3) is 0.333. The number of aromatic nitrogens is 3. The van der Waals surface area contributed by atoms with Crippen LogP contribution in [0.25, 0.3) is 5.76 Å². The molecule has 1 N–H and O–H groups in total. The predicted molar refractivity (Wildman–Crippen MR) is 133 cm³/mol. The van der Waals surface area contributed by atoms with Crippen molar-refractivity contribution in [1.29, 1.82) is 0 Å². The highest BCUT2D eigenvalue weighted by Gasteiger charge is 2.46. The third-order valence-corrected chi connectivity index (χ3v) is 5.91. The van der Waals surface area contributed by atoms with Gasteiger partial charge >= 0.3 is 0 Å². The summed E-state index contributed by atoms with van der Waals surface area (Å²) >= 11 is 0. The molecule has 1 fully saturated rings. The van der Waals surface area contributed by atoms with Crippen molar-refractivity contribution in [1.82, 2.24) is 19.4 Å². The number of aliphatic hydroxyl groups excluding tert-OH is 1. The Hall–Kier alpha value is -4.14. The molecule has 188 valence electrons. The first-order valence-corrected chi connectivity index (χ1v) is 12.1. The van der Waals surface area contributed by atoms with Gasteiger partial charge in [-0.2, -0.15) is 0 Å². The van der Waals surface area contributed by atoms with E-state index in [0.717, 1.165) is 6.42 Å². The minimum Gasteiger partial charge on any atom is -0.507 e. The molecule has 3 heterocycles. The summed E-state index contributed by atoms with van der Waals surface area (Å²) < 4.78 is 13.6. The molecule has 0 bridgehead atoms. The Morgan fingerprint density at radius 2 is 1.81 bits per heavy atom. The number of benzene rings is 1. The third kappa shape index (κ3) is 5.25. The van der Waals surface area contributed by atoms with E-state index in [-0.39, 0.29) is 11.3 Å². The molecule has 1 aliphatic heterocycles. The molecule has 0 spiro atoms. The monoisotopic (exact) mass is 490 g/mol. The van der Waals surface area contributed by atoms with Gasteiger partial charge in [-0.15, -0.1) is 0 Å². The van der Waals surface area contributed by atoms with E-state index >= 15 is 0 Å². The van der Waals surface area contributed by atoms with Crippen molar-refractivity contribution in [3.63, 3.8) is 0 Å². The van der Waals surface area contributed by atoms with Gasteiger partial charge in [0.05, 0.1) is 31.2 Å². The second-order valence-electron chi connectivity index (χ2n) is 8.37. The maximum atomic E-state index is 13.2. The Bertz CT molecular complexity index is 1220. The molecule has 1 saturated heterocycles. The zero-order valence-electron chi connectivity index (χ0n) is 20.5. The number of aryl methyl sites for hydroxylation is 1.